The summed E-state index contributed by atoms with van der Waals surface area (Å²) >= 11 is 1.33. The van der Waals surface area contributed by atoms with Gasteiger partial charge in [0.25, 0.3) is 0 Å². The Morgan fingerprint density at radius 3 is 2.79 bits per heavy atom. The average molecular weight is 348 g/mol. The average Bonchev–Trinajstić information content (AvgIpc) is 2.97. The predicted molar refractivity (Wildman–Crippen MR) is 94.3 cm³/mol. The van der Waals surface area contributed by atoms with Crippen LogP contribution < -0.4 is 5.32 Å². The number of unbranched alkanes of at least 4 members (excludes halogenated alkanes) is 1. The highest BCUT2D eigenvalue weighted by Crippen LogP contribution is 2.24. The van der Waals surface area contributed by atoms with E-state index in [1.807, 2.05) is 4.57 Å². The summed E-state index contributed by atoms with van der Waals surface area (Å²) in [5.41, 5.74) is 0.769. The fourth-order valence-corrected chi connectivity index (χ4v) is 2.87. The number of carbonyl (C=O) groups excluding carboxylic acids is 1. The number of aromatic nitrogens is 3. The van der Waals surface area contributed by atoms with Gasteiger partial charge in [0.2, 0.25) is 5.91 Å². The molecule has 0 spiro atoms. The predicted octanol–water partition coefficient (Wildman–Crippen LogP) is 3.28. The molecule has 0 bridgehead atoms. The number of nitrogens with one attached hydrogen (secondary N) is 1. The first-order chi connectivity index (χ1) is 11.7. The molecule has 2 aromatic rings. The van der Waals surface area contributed by atoms with Crippen molar-refractivity contribution in [2.24, 2.45) is 0 Å². The van der Waals surface area contributed by atoms with Crippen LogP contribution in [0.2, 0.25) is 0 Å². The van der Waals surface area contributed by atoms with Gasteiger partial charge in [0, 0.05) is 18.7 Å². The van der Waals surface area contributed by atoms with Gasteiger partial charge >= 0.3 is 0 Å². The molecule has 0 aliphatic heterocycles. The molecule has 2 rings (SSSR count). The minimum atomic E-state index is -0.299. The van der Waals surface area contributed by atoms with Gasteiger partial charge < -0.3 is 5.32 Å². The number of allylic oxidation sites excluding steroid dienone is 1. The number of benzene rings is 1. The summed E-state index contributed by atoms with van der Waals surface area (Å²) < 4.78 is 15.0. The highest BCUT2D eigenvalue weighted by atomic mass is 32.2. The summed E-state index contributed by atoms with van der Waals surface area (Å²) in [5.74, 6) is 0.586. The lowest BCUT2D eigenvalue weighted by molar-refractivity contribution is -0.118. The van der Waals surface area contributed by atoms with Crippen LogP contribution in [0.4, 0.5) is 4.39 Å². The van der Waals surface area contributed by atoms with E-state index < -0.39 is 0 Å². The highest BCUT2D eigenvalue weighted by molar-refractivity contribution is 7.99. The van der Waals surface area contributed by atoms with Gasteiger partial charge in [0.15, 0.2) is 11.0 Å². The number of amides is 1. The smallest absolute Gasteiger partial charge is 0.230 e. The Bertz CT molecular complexity index is 684. The number of halogens is 1. The van der Waals surface area contributed by atoms with Crippen molar-refractivity contribution in [3.8, 4) is 11.4 Å². The van der Waals surface area contributed by atoms with E-state index in [9.17, 15) is 9.18 Å². The van der Waals surface area contributed by atoms with Crippen molar-refractivity contribution in [1.29, 1.82) is 0 Å². The first kappa shape index (κ1) is 18.2. The first-order valence-electron chi connectivity index (χ1n) is 7.85. The standard InChI is InChI=1S/C17H21FN4OS/c1-3-5-10-19-15(23)12-24-17-21-20-16(22(17)11-4-2)13-6-8-14(18)9-7-13/h4,6-9H,2-3,5,10-12H2,1H3,(H,19,23). The molecule has 1 N–H and O–H groups in total. The quantitative estimate of drug-likeness (QED) is 0.429. The van der Waals surface area contributed by atoms with Crippen molar-refractivity contribution in [2.45, 2.75) is 31.5 Å². The molecule has 1 heterocycles. The van der Waals surface area contributed by atoms with E-state index in [2.05, 4.69) is 29.0 Å². The monoisotopic (exact) mass is 348 g/mol. The van der Waals surface area contributed by atoms with E-state index in [1.54, 1.807) is 18.2 Å². The Balaban J connectivity index is 2.09. The molecule has 0 aliphatic carbocycles. The van der Waals surface area contributed by atoms with Crippen LogP contribution in [0.25, 0.3) is 11.4 Å². The van der Waals surface area contributed by atoms with Gasteiger partial charge in [-0.2, -0.15) is 0 Å². The maximum absolute atomic E-state index is 13.1. The topological polar surface area (TPSA) is 59.8 Å². The van der Waals surface area contributed by atoms with Crippen molar-refractivity contribution in [2.75, 3.05) is 12.3 Å². The molecule has 24 heavy (non-hydrogen) atoms. The van der Waals surface area contributed by atoms with Crippen LogP contribution in [0, 0.1) is 5.82 Å². The molecule has 7 heteroatoms. The van der Waals surface area contributed by atoms with Crippen LogP contribution in [0.3, 0.4) is 0 Å². The maximum atomic E-state index is 13.1. The van der Waals surface area contributed by atoms with Crippen LogP contribution in [-0.4, -0.2) is 33.0 Å². The van der Waals surface area contributed by atoms with Crippen molar-refractivity contribution >= 4 is 17.7 Å². The van der Waals surface area contributed by atoms with Crippen molar-refractivity contribution in [3.05, 3.63) is 42.7 Å². The minimum Gasteiger partial charge on any atom is -0.355 e. The van der Waals surface area contributed by atoms with Gasteiger partial charge in [-0.1, -0.05) is 31.2 Å². The van der Waals surface area contributed by atoms with Crippen LogP contribution in [0.15, 0.2) is 42.1 Å². The normalized spacial score (nSPS) is 10.6. The van der Waals surface area contributed by atoms with Crippen molar-refractivity contribution in [1.82, 2.24) is 20.1 Å². The summed E-state index contributed by atoms with van der Waals surface area (Å²) in [5, 5.41) is 11.8. The Morgan fingerprint density at radius 2 is 2.12 bits per heavy atom. The molecular weight excluding hydrogens is 327 g/mol. The van der Waals surface area contributed by atoms with Crippen LogP contribution in [-0.2, 0) is 11.3 Å². The molecule has 0 saturated heterocycles. The number of nitrogens with zero attached hydrogens (tertiary/aromatic N) is 3. The number of hydrogen-bond acceptors (Lipinski definition) is 4. The van der Waals surface area contributed by atoms with E-state index in [4.69, 9.17) is 0 Å². The summed E-state index contributed by atoms with van der Waals surface area (Å²) in [6.07, 6.45) is 3.75. The third-order valence-corrected chi connectivity index (χ3v) is 4.28. The first-order valence-corrected chi connectivity index (χ1v) is 8.83. The van der Waals surface area contributed by atoms with Crippen molar-refractivity contribution in [3.63, 3.8) is 0 Å². The fourth-order valence-electron chi connectivity index (χ4n) is 2.09. The van der Waals surface area contributed by atoms with Crippen LogP contribution in [0.1, 0.15) is 19.8 Å². The number of carbonyl (C=O) groups is 1. The Hall–Kier alpha value is -2.15. The molecule has 5 nitrogen and oxygen atoms in total. The molecule has 0 unspecified atom stereocenters. The molecule has 128 valence electrons. The number of rotatable bonds is 9. The Kier molecular flexibility index (Phi) is 6.99. The third kappa shape index (κ3) is 4.92. The third-order valence-electron chi connectivity index (χ3n) is 3.32. The lowest BCUT2D eigenvalue weighted by atomic mass is 10.2. The van der Waals surface area contributed by atoms with Crippen LogP contribution >= 0.6 is 11.8 Å². The fraction of sp³-hybridized carbons (Fsp3) is 0.353. The summed E-state index contributed by atoms with van der Waals surface area (Å²) in [6, 6.07) is 6.09. The van der Waals surface area contributed by atoms with Crippen molar-refractivity contribution < 1.29 is 9.18 Å². The zero-order chi connectivity index (χ0) is 17.4. The zero-order valence-electron chi connectivity index (χ0n) is 13.7. The van der Waals surface area contributed by atoms with Crippen LogP contribution in [0.5, 0.6) is 0 Å². The maximum Gasteiger partial charge on any atom is 0.230 e. The van der Waals surface area contributed by atoms with E-state index in [0.29, 0.717) is 24.1 Å². The van der Waals surface area contributed by atoms with Gasteiger partial charge in [-0.15, -0.1) is 16.8 Å². The van der Waals surface area contributed by atoms with Gasteiger partial charge in [-0.05, 0) is 30.7 Å². The van der Waals surface area contributed by atoms with E-state index in [0.717, 1.165) is 18.4 Å². The summed E-state index contributed by atoms with van der Waals surface area (Å²) in [7, 11) is 0. The molecular formula is C17H21FN4OS. The lowest BCUT2D eigenvalue weighted by Crippen LogP contribution is -2.26. The zero-order valence-corrected chi connectivity index (χ0v) is 14.5. The molecule has 0 atom stereocenters. The number of thioether (sulfide) groups is 1. The van der Waals surface area contributed by atoms with Gasteiger partial charge in [0.05, 0.1) is 5.75 Å². The highest BCUT2D eigenvalue weighted by Gasteiger charge is 2.14. The Morgan fingerprint density at radius 1 is 1.38 bits per heavy atom. The molecule has 0 fully saturated rings. The largest absolute Gasteiger partial charge is 0.355 e. The second-order valence-electron chi connectivity index (χ2n) is 5.20. The summed E-state index contributed by atoms with van der Waals surface area (Å²) in [6.45, 7) is 7.03. The SMILES string of the molecule is C=CCn1c(SCC(=O)NCCCC)nnc1-c1ccc(F)cc1. The molecule has 0 aliphatic rings. The second kappa shape index (κ2) is 9.22. The Labute approximate surface area is 145 Å². The summed E-state index contributed by atoms with van der Waals surface area (Å²) in [4.78, 5) is 11.8. The molecule has 0 saturated carbocycles. The molecule has 1 aromatic heterocycles. The minimum absolute atomic E-state index is 0.0232. The van der Waals surface area contributed by atoms with Gasteiger partial charge in [-0.3, -0.25) is 9.36 Å². The van der Waals surface area contributed by atoms with E-state index >= 15 is 0 Å². The lowest BCUT2D eigenvalue weighted by Gasteiger charge is -2.08. The van der Waals surface area contributed by atoms with E-state index in [1.165, 1.54) is 23.9 Å². The second-order valence-corrected chi connectivity index (χ2v) is 6.15. The van der Waals surface area contributed by atoms with E-state index in [-0.39, 0.29) is 17.5 Å². The molecule has 0 radical (unpaired) electrons. The number of hydrogen-bond donors (Lipinski definition) is 1. The molecule has 1 aromatic carbocycles. The van der Waals surface area contributed by atoms with Gasteiger partial charge in [-0.25, -0.2) is 4.39 Å². The molecule has 1 amide bonds. The van der Waals surface area contributed by atoms with Gasteiger partial charge in [0.1, 0.15) is 5.82 Å².